The van der Waals surface area contributed by atoms with E-state index in [9.17, 15) is 4.79 Å². The van der Waals surface area contributed by atoms with Crippen LogP contribution in [-0.4, -0.2) is 29.5 Å². The molecule has 20 heavy (non-hydrogen) atoms. The monoisotopic (exact) mass is 295 g/mol. The van der Waals surface area contributed by atoms with Crippen LogP contribution in [-0.2, 0) is 4.79 Å². The molecule has 2 rings (SSSR count). The molecule has 4 heteroatoms. The van der Waals surface area contributed by atoms with Crippen LogP contribution in [0.5, 0.6) is 5.75 Å². The fourth-order valence-corrected chi connectivity index (χ4v) is 2.72. The van der Waals surface area contributed by atoms with Crippen LogP contribution >= 0.6 is 11.6 Å². The first-order chi connectivity index (χ1) is 9.49. The molecule has 1 heterocycles. The number of carbonyl (C=O) groups is 1. The highest BCUT2D eigenvalue weighted by molar-refractivity contribution is 6.31. The summed E-state index contributed by atoms with van der Waals surface area (Å²) < 4.78 is 5.76. The van der Waals surface area contributed by atoms with E-state index in [4.69, 9.17) is 16.3 Å². The van der Waals surface area contributed by atoms with E-state index in [-0.39, 0.29) is 5.91 Å². The van der Waals surface area contributed by atoms with E-state index in [0.29, 0.717) is 16.8 Å². The molecule has 0 aromatic heterocycles. The summed E-state index contributed by atoms with van der Waals surface area (Å²) in [6, 6.07) is 5.78. The molecule has 1 aliphatic rings. The van der Waals surface area contributed by atoms with Crippen molar-refractivity contribution in [2.24, 2.45) is 0 Å². The Labute approximate surface area is 125 Å². The standard InChI is InChI=1S/C16H22ClNO2/c1-11-10-14(7-8-15(11)17)20-13(3)16(19)18-9-5-4-6-12(18)2/h7-8,10,12-13H,4-6,9H2,1-3H3/t12-,13-/m1/s1. The van der Waals surface area contributed by atoms with Gasteiger partial charge in [0.15, 0.2) is 6.10 Å². The van der Waals surface area contributed by atoms with Gasteiger partial charge in [0, 0.05) is 17.6 Å². The van der Waals surface area contributed by atoms with Crippen LogP contribution in [0.25, 0.3) is 0 Å². The van der Waals surface area contributed by atoms with Gasteiger partial charge in [-0.1, -0.05) is 11.6 Å². The molecule has 2 atom stereocenters. The molecule has 1 amide bonds. The summed E-state index contributed by atoms with van der Waals surface area (Å²) in [5.74, 6) is 0.766. The lowest BCUT2D eigenvalue weighted by Gasteiger charge is -2.35. The summed E-state index contributed by atoms with van der Waals surface area (Å²) in [7, 11) is 0. The number of piperidine rings is 1. The molecule has 1 aromatic carbocycles. The topological polar surface area (TPSA) is 29.5 Å². The van der Waals surface area contributed by atoms with Crippen LogP contribution < -0.4 is 4.74 Å². The molecule has 0 spiro atoms. The second kappa shape index (κ2) is 6.49. The number of ether oxygens (including phenoxy) is 1. The van der Waals surface area contributed by atoms with Gasteiger partial charge in [-0.15, -0.1) is 0 Å². The third kappa shape index (κ3) is 3.45. The second-order valence-electron chi connectivity index (χ2n) is 5.55. The van der Waals surface area contributed by atoms with Crippen molar-refractivity contribution < 1.29 is 9.53 Å². The summed E-state index contributed by atoms with van der Waals surface area (Å²) in [4.78, 5) is 14.4. The van der Waals surface area contributed by atoms with Crippen molar-refractivity contribution in [1.82, 2.24) is 4.90 Å². The zero-order valence-corrected chi connectivity index (χ0v) is 13.1. The van der Waals surface area contributed by atoms with E-state index in [1.165, 1.54) is 6.42 Å². The number of hydrogen-bond acceptors (Lipinski definition) is 2. The van der Waals surface area contributed by atoms with Gasteiger partial charge in [0.25, 0.3) is 5.91 Å². The van der Waals surface area contributed by atoms with Gasteiger partial charge in [0.1, 0.15) is 5.75 Å². The van der Waals surface area contributed by atoms with Crippen LogP contribution in [0.2, 0.25) is 5.02 Å². The first kappa shape index (κ1) is 15.2. The molecule has 3 nitrogen and oxygen atoms in total. The van der Waals surface area contributed by atoms with Gasteiger partial charge in [-0.25, -0.2) is 0 Å². The summed E-state index contributed by atoms with van der Waals surface area (Å²) in [5.41, 5.74) is 0.954. The van der Waals surface area contributed by atoms with Crippen molar-refractivity contribution in [3.63, 3.8) is 0 Å². The van der Waals surface area contributed by atoms with Gasteiger partial charge in [-0.05, 0) is 63.8 Å². The predicted octanol–water partition coefficient (Wildman–Crippen LogP) is 3.82. The van der Waals surface area contributed by atoms with Gasteiger partial charge in [-0.3, -0.25) is 4.79 Å². The Hall–Kier alpha value is -1.22. The van der Waals surface area contributed by atoms with Crippen molar-refractivity contribution in [3.8, 4) is 5.75 Å². The van der Waals surface area contributed by atoms with Crippen molar-refractivity contribution >= 4 is 17.5 Å². The van der Waals surface area contributed by atoms with E-state index in [1.54, 1.807) is 12.1 Å². The lowest BCUT2D eigenvalue weighted by atomic mass is 10.0. The minimum Gasteiger partial charge on any atom is -0.481 e. The Balaban J connectivity index is 2.01. The molecule has 110 valence electrons. The maximum Gasteiger partial charge on any atom is 0.263 e. The number of aryl methyl sites for hydroxylation is 1. The highest BCUT2D eigenvalue weighted by Gasteiger charge is 2.28. The Bertz CT molecular complexity index is 489. The van der Waals surface area contributed by atoms with Crippen LogP contribution in [0.1, 0.15) is 38.7 Å². The van der Waals surface area contributed by atoms with Crippen molar-refractivity contribution in [1.29, 1.82) is 0 Å². The van der Waals surface area contributed by atoms with Crippen molar-refractivity contribution in [3.05, 3.63) is 28.8 Å². The number of halogens is 1. The minimum absolute atomic E-state index is 0.0739. The van der Waals surface area contributed by atoms with E-state index >= 15 is 0 Å². The fourth-order valence-electron chi connectivity index (χ4n) is 2.60. The molecule has 1 fully saturated rings. The van der Waals surface area contributed by atoms with Crippen LogP contribution in [0, 0.1) is 6.92 Å². The summed E-state index contributed by atoms with van der Waals surface area (Å²) >= 11 is 5.99. The number of nitrogens with zero attached hydrogens (tertiary/aromatic N) is 1. The molecule has 1 aliphatic heterocycles. The lowest BCUT2D eigenvalue weighted by molar-refractivity contribution is -0.141. The van der Waals surface area contributed by atoms with E-state index in [1.807, 2.05) is 24.8 Å². The Morgan fingerprint density at radius 1 is 1.45 bits per heavy atom. The number of amides is 1. The summed E-state index contributed by atoms with van der Waals surface area (Å²) in [6.45, 7) is 6.69. The SMILES string of the molecule is Cc1cc(O[C@H](C)C(=O)N2CCCC[C@H]2C)ccc1Cl. The third-order valence-corrected chi connectivity index (χ3v) is 4.30. The first-order valence-corrected chi connectivity index (χ1v) is 7.60. The largest absolute Gasteiger partial charge is 0.481 e. The van der Waals surface area contributed by atoms with Gasteiger partial charge in [0.2, 0.25) is 0 Å². The van der Waals surface area contributed by atoms with E-state index in [0.717, 1.165) is 24.9 Å². The van der Waals surface area contributed by atoms with Crippen molar-refractivity contribution in [2.45, 2.75) is 52.2 Å². The van der Waals surface area contributed by atoms with Crippen LogP contribution in [0.15, 0.2) is 18.2 Å². The average Bonchev–Trinajstić information content (AvgIpc) is 2.42. The van der Waals surface area contributed by atoms with E-state index in [2.05, 4.69) is 6.92 Å². The zero-order valence-electron chi connectivity index (χ0n) is 12.4. The summed E-state index contributed by atoms with van der Waals surface area (Å²) in [6.07, 6.45) is 2.91. The maximum atomic E-state index is 12.4. The quantitative estimate of drug-likeness (QED) is 0.848. The molecule has 0 saturated carbocycles. The number of hydrogen-bond donors (Lipinski definition) is 0. The van der Waals surface area contributed by atoms with Gasteiger partial charge >= 0.3 is 0 Å². The maximum absolute atomic E-state index is 12.4. The van der Waals surface area contributed by atoms with Crippen molar-refractivity contribution in [2.75, 3.05) is 6.54 Å². The van der Waals surface area contributed by atoms with E-state index < -0.39 is 6.10 Å². The first-order valence-electron chi connectivity index (χ1n) is 7.22. The molecule has 0 aliphatic carbocycles. The minimum atomic E-state index is -0.462. The van der Waals surface area contributed by atoms with Crippen LogP contribution in [0.3, 0.4) is 0 Å². The highest BCUT2D eigenvalue weighted by atomic mass is 35.5. The van der Waals surface area contributed by atoms with Gasteiger partial charge in [0.05, 0.1) is 0 Å². The normalized spacial score (nSPS) is 20.6. The lowest BCUT2D eigenvalue weighted by Crippen LogP contribution is -2.47. The molecule has 1 saturated heterocycles. The predicted molar refractivity (Wildman–Crippen MR) is 81.3 cm³/mol. The van der Waals surface area contributed by atoms with Gasteiger partial charge < -0.3 is 9.64 Å². The molecule has 0 unspecified atom stereocenters. The Morgan fingerprint density at radius 2 is 2.20 bits per heavy atom. The third-order valence-electron chi connectivity index (χ3n) is 3.88. The average molecular weight is 296 g/mol. The number of likely N-dealkylation sites (tertiary alicyclic amines) is 1. The van der Waals surface area contributed by atoms with Gasteiger partial charge in [-0.2, -0.15) is 0 Å². The Morgan fingerprint density at radius 3 is 2.85 bits per heavy atom. The molecule has 0 radical (unpaired) electrons. The smallest absolute Gasteiger partial charge is 0.263 e. The Kier molecular flexibility index (Phi) is 4.92. The summed E-state index contributed by atoms with van der Waals surface area (Å²) in [5, 5.41) is 0.709. The van der Waals surface area contributed by atoms with Crippen LogP contribution in [0.4, 0.5) is 0 Å². The highest BCUT2D eigenvalue weighted by Crippen LogP contribution is 2.23. The second-order valence-corrected chi connectivity index (χ2v) is 5.95. The number of carbonyl (C=O) groups excluding carboxylic acids is 1. The molecule has 1 aromatic rings. The number of rotatable bonds is 3. The molecule has 0 N–H and O–H groups in total. The number of benzene rings is 1. The zero-order chi connectivity index (χ0) is 14.7. The molecular weight excluding hydrogens is 274 g/mol. The fraction of sp³-hybridized carbons (Fsp3) is 0.562. The molecular formula is C16H22ClNO2. The molecule has 0 bridgehead atoms.